The van der Waals surface area contributed by atoms with Crippen molar-refractivity contribution >= 4 is 0 Å². The smallest absolute Gasteiger partial charge is 0.106 e. The molecule has 1 N–H and O–H groups in total. The third-order valence-electron chi connectivity index (χ3n) is 3.29. The minimum Gasteiger partial charge on any atom is -0.384 e. The summed E-state index contributed by atoms with van der Waals surface area (Å²) in [6.45, 7) is 0. The van der Waals surface area contributed by atoms with Crippen LogP contribution in [0.2, 0.25) is 0 Å². The summed E-state index contributed by atoms with van der Waals surface area (Å²) in [5.74, 6) is 0. The Morgan fingerprint density at radius 1 is 0.700 bits per heavy atom. The molecule has 0 spiro atoms. The van der Waals surface area contributed by atoms with Crippen LogP contribution in [-0.4, -0.2) is 10.1 Å². The summed E-state index contributed by atoms with van der Waals surface area (Å²) in [5.41, 5.74) is 3.67. The molecule has 98 valence electrons. The number of pyridine rings is 1. The van der Waals surface area contributed by atoms with E-state index in [9.17, 15) is 5.11 Å². The molecule has 3 rings (SSSR count). The molecular weight excluding hydrogens is 246 g/mol. The van der Waals surface area contributed by atoms with Crippen LogP contribution in [0.4, 0.5) is 0 Å². The van der Waals surface area contributed by atoms with E-state index in [1.54, 1.807) is 6.20 Å². The Morgan fingerprint density at radius 2 is 1.35 bits per heavy atom. The number of rotatable bonds is 3. The second-order valence-electron chi connectivity index (χ2n) is 4.66. The highest BCUT2D eigenvalue weighted by Crippen LogP contribution is 2.23. The zero-order chi connectivity index (χ0) is 13.8. The van der Waals surface area contributed by atoms with E-state index in [2.05, 4.69) is 4.98 Å². The Hall–Kier alpha value is -2.45. The number of nitrogens with zero attached hydrogens (tertiary/aromatic N) is 1. The summed E-state index contributed by atoms with van der Waals surface area (Å²) in [7, 11) is 0. The monoisotopic (exact) mass is 261 g/mol. The molecule has 3 aromatic rings. The summed E-state index contributed by atoms with van der Waals surface area (Å²) in [6.07, 6.45) is 1.11. The third kappa shape index (κ3) is 2.60. The van der Waals surface area contributed by atoms with Gasteiger partial charge in [0.1, 0.15) is 6.10 Å². The largest absolute Gasteiger partial charge is 0.384 e. The van der Waals surface area contributed by atoms with Gasteiger partial charge in [0, 0.05) is 17.3 Å². The molecule has 1 aromatic heterocycles. The molecule has 2 heteroatoms. The van der Waals surface area contributed by atoms with Gasteiger partial charge in [0.2, 0.25) is 0 Å². The van der Waals surface area contributed by atoms with Crippen molar-refractivity contribution in [3.63, 3.8) is 0 Å². The van der Waals surface area contributed by atoms with Gasteiger partial charge in [0.25, 0.3) is 0 Å². The first-order valence-electron chi connectivity index (χ1n) is 6.59. The maximum absolute atomic E-state index is 10.3. The van der Waals surface area contributed by atoms with Gasteiger partial charge < -0.3 is 5.11 Å². The van der Waals surface area contributed by atoms with Crippen molar-refractivity contribution in [1.82, 2.24) is 4.98 Å². The molecule has 0 saturated heterocycles. The molecule has 1 atom stereocenters. The first-order chi connectivity index (χ1) is 9.84. The Balaban J connectivity index is 1.87. The molecule has 1 unspecified atom stereocenters. The summed E-state index contributed by atoms with van der Waals surface area (Å²) in [4.78, 5) is 4.44. The molecule has 0 radical (unpaired) electrons. The second kappa shape index (κ2) is 5.68. The van der Waals surface area contributed by atoms with Gasteiger partial charge in [-0.25, -0.2) is 0 Å². The van der Waals surface area contributed by atoms with Gasteiger partial charge in [0.05, 0.1) is 5.69 Å². The van der Waals surface area contributed by atoms with E-state index >= 15 is 0 Å². The molecule has 0 saturated carbocycles. The van der Waals surface area contributed by atoms with Gasteiger partial charge in [-0.05, 0) is 11.6 Å². The number of aliphatic hydroxyl groups excluding tert-OH is 1. The molecule has 2 nitrogen and oxygen atoms in total. The average molecular weight is 261 g/mol. The lowest BCUT2D eigenvalue weighted by Crippen LogP contribution is -2.00. The van der Waals surface area contributed by atoms with Crippen molar-refractivity contribution in [3.05, 3.63) is 90.1 Å². The van der Waals surface area contributed by atoms with Gasteiger partial charge in [-0.15, -0.1) is 0 Å². The second-order valence-corrected chi connectivity index (χ2v) is 4.66. The van der Waals surface area contributed by atoms with E-state index in [0.29, 0.717) is 0 Å². The van der Waals surface area contributed by atoms with E-state index in [0.717, 1.165) is 22.4 Å². The van der Waals surface area contributed by atoms with E-state index in [4.69, 9.17) is 0 Å². The summed E-state index contributed by atoms with van der Waals surface area (Å²) in [6, 6.07) is 23.5. The molecular formula is C18H15NO. The van der Waals surface area contributed by atoms with Crippen LogP contribution in [0.25, 0.3) is 11.3 Å². The van der Waals surface area contributed by atoms with Gasteiger partial charge in [-0.2, -0.15) is 0 Å². The summed E-state index contributed by atoms with van der Waals surface area (Å²) in [5, 5.41) is 10.3. The predicted molar refractivity (Wildman–Crippen MR) is 80.2 cm³/mol. The standard InChI is InChI=1S/C18H15NO/c20-18(15-9-5-2-6-10-15)16-11-12-17(19-13-16)14-7-3-1-4-8-14/h1-13,18,20H. The van der Waals surface area contributed by atoms with Crippen molar-refractivity contribution in [2.75, 3.05) is 0 Å². The third-order valence-corrected chi connectivity index (χ3v) is 3.29. The molecule has 0 aliphatic rings. The predicted octanol–water partition coefficient (Wildman–Crippen LogP) is 3.83. The first kappa shape index (κ1) is 12.6. The molecule has 0 aliphatic heterocycles. The normalized spacial score (nSPS) is 12.1. The van der Waals surface area contributed by atoms with Gasteiger partial charge in [0.15, 0.2) is 0 Å². The molecule has 0 aliphatic carbocycles. The molecule has 0 fully saturated rings. The Kier molecular flexibility index (Phi) is 3.57. The fourth-order valence-corrected chi connectivity index (χ4v) is 2.17. The minimum absolute atomic E-state index is 0.631. The Morgan fingerprint density at radius 3 is 1.95 bits per heavy atom. The zero-order valence-corrected chi connectivity index (χ0v) is 11.0. The lowest BCUT2D eigenvalue weighted by Gasteiger charge is -2.11. The van der Waals surface area contributed by atoms with E-state index in [-0.39, 0.29) is 0 Å². The van der Waals surface area contributed by atoms with Crippen molar-refractivity contribution in [3.8, 4) is 11.3 Å². The van der Waals surface area contributed by atoms with E-state index in [1.807, 2.05) is 72.8 Å². The topological polar surface area (TPSA) is 33.1 Å². The number of hydrogen-bond acceptors (Lipinski definition) is 2. The fourth-order valence-electron chi connectivity index (χ4n) is 2.17. The maximum atomic E-state index is 10.3. The van der Waals surface area contributed by atoms with Crippen LogP contribution in [0.1, 0.15) is 17.2 Å². The molecule has 1 heterocycles. The number of benzene rings is 2. The lowest BCUT2D eigenvalue weighted by molar-refractivity contribution is 0.220. The highest BCUT2D eigenvalue weighted by molar-refractivity contribution is 5.58. The fraction of sp³-hybridized carbons (Fsp3) is 0.0556. The highest BCUT2D eigenvalue weighted by Gasteiger charge is 2.10. The summed E-state index contributed by atoms with van der Waals surface area (Å²) < 4.78 is 0. The molecule has 0 bridgehead atoms. The van der Waals surface area contributed by atoms with E-state index in [1.165, 1.54) is 0 Å². The van der Waals surface area contributed by atoms with Crippen LogP contribution < -0.4 is 0 Å². The van der Waals surface area contributed by atoms with Gasteiger partial charge >= 0.3 is 0 Å². The van der Waals surface area contributed by atoms with Crippen LogP contribution in [0.3, 0.4) is 0 Å². The number of hydrogen-bond donors (Lipinski definition) is 1. The molecule has 0 amide bonds. The Bertz CT molecular complexity index is 663. The van der Waals surface area contributed by atoms with Crippen molar-refractivity contribution in [1.29, 1.82) is 0 Å². The van der Waals surface area contributed by atoms with Crippen LogP contribution in [0.15, 0.2) is 79.0 Å². The van der Waals surface area contributed by atoms with Crippen molar-refractivity contribution in [2.45, 2.75) is 6.10 Å². The quantitative estimate of drug-likeness (QED) is 0.777. The summed E-state index contributed by atoms with van der Waals surface area (Å²) >= 11 is 0. The van der Waals surface area contributed by atoms with Crippen LogP contribution in [0, 0.1) is 0 Å². The maximum Gasteiger partial charge on any atom is 0.106 e. The first-order valence-corrected chi connectivity index (χ1v) is 6.59. The highest BCUT2D eigenvalue weighted by atomic mass is 16.3. The average Bonchev–Trinajstić information content (AvgIpc) is 2.56. The van der Waals surface area contributed by atoms with Gasteiger partial charge in [-0.3, -0.25) is 4.98 Å². The minimum atomic E-state index is -0.631. The van der Waals surface area contributed by atoms with Crippen LogP contribution in [-0.2, 0) is 0 Å². The van der Waals surface area contributed by atoms with Gasteiger partial charge in [-0.1, -0.05) is 66.7 Å². The van der Waals surface area contributed by atoms with Crippen molar-refractivity contribution < 1.29 is 5.11 Å². The number of aliphatic hydroxyl groups is 1. The van der Waals surface area contributed by atoms with Crippen molar-refractivity contribution in [2.24, 2.45) is 0 Å². The lowest BCUT2D eigenvalue weighted by atomic mass is 10.0. The van der Waals surface area contributed by atoms with Crippen LogP contribution >= 0.6 is 0 Å². The molecule has 2 aromatic carbocycles. The zero-order valence-electron chi connectivity index (χ0n) is 11.0. The SMILES string of the molecule is OC(c1ccccc1)c1ccc(-c2ccccc2)nc1. The van der Waals surface area contributed by atoms with Crippen LogP contribution in [0.5, 0.6) is 0 Å². The molecule has 20 heavy (non-hydrogen) atoms. The van der Waals surface area contributed by atoms with E-state index < -0.39 is 6.10 Å². The Labute approximate surface area is 118 Å². The number of aromatic nitrogens is 1.